The number of rotatable bonds is 4. The standard InChI is InChI=1S/C11H18N4O/c1-2-8-6-9(15-14-8)13-10(16)7-11(12)4-3-5-11/h6H,2-5,7,12H2,1H3,(H2,13,14,15,16). The summed E-state index contributed by atoms with van der Waals surface area (Å²) in [5.41, 5.74) is 6.75. The Bertz CT molecular complexity index is 381. The van der Waals surface area contributed by atoms with Crippen LogP contribution in [0.25, 0.3) is 0 Å². The highest BCUT2D eigenvalue weighted by molar-refractivity contribution is 5.90. The third-order valence-corrected chi connectivity index (χ3v) is 3.14. The number of hydrogen-bond donors (Lipinski definition) is 3. The number of aromatic nitrogens is 2. The molecule has 0 unspecified atom stereocenters. The van der Waals surface area contributed by atoms with Crippen molar-refractivity contribution in [2.75, 3.05) is 5.32 Å². The van der Waals surface area contributed by atoms with E-state index in [2.05, 4.69) is 15.5 Å². The zero-order valence-corrected chi connectivity index (χ0v) is 9.55. The monoisotopic (exact) mass is 222 g/mol. The molecule has 5 nitrogen and oxygen atoms in total. The van der Waals surface area contributed by atoms with Crippen molar-refractivity contribution < 1.29 is 4.79 Å². The first-order valence-corrected chi connectivity index (χ1v) is 5.74. The Hall–Kier alpha value is -1.36. The van der Waals surface area contributed by atoms with Gasteiger partial charge in [-0.2, -0.15) is 5.10 Å². The molecule has 0 aliphatic heterocycles. The first-order chi connectivity index (χ1) is 7.61. The van der Waals surface area contributed by atoms with Crippen molar-refractivity contribution in [3.63, 3.8) is 0 Å². The summed E-state index contributed by atoms with van der Waals surface area (Å²) in [6, 6.07) is 1.85. The normalized spacial score (nSPS) is 17.9. The second-order valence-electron chi connectivity index (χ2n) is 4.57. The van der Waals surface area contributed by atoms with Crippen molar-refractivity contribution in [2.45, 2.75) is 44.6 Å². The minimum atomic E-state index is -0.270. The maximum Gasteiger partial charge on any atom is 0.227 e. The van der Waals surface area contributed by atoms with Crippen molar-refractivity contribution in [1.82, 2.24) is 10.2 Å². The van der Waals surface area contributed by atoms with Crippen molar-refractivity contribution >= 4 is 11.7 Å². The number of aryl methyl sites for hydroxylation is 1. The predicted molar refractivity (Wildman–Crippen MR) is 62.0 cm³/mol. The summed E-state index contributed by atoms with van der Waals surface area (Å²) >= 11 is 0. The molecule has 5 heteroatoms. The summed E-state index contributed by atoms with van der Waals surface area (Å²) in [4.78, 5) is 11.7. The van der Waals surface area contributed by atoms with Gasteiger partial charge >= 0.3 is 0 Å². The average Bonchev–Trinajstić information content (AvgIpc) is 2.63. The Morgan fingerprint density at radius 3 is 2.94 bits per heavy atom. The van der Waals surface area contributed by atoms with Crippen LogP contribution in [0.2, 0.25) is 0 Å². The molecule has 88 valence electrons. The van der Waals surface area contributed by atoms with E-state index in [9.17, 15) is 4.79 Å². The van der Waals surface area contributed by atoms with Crippen LogP contribution in [0.5, 0.6) is 0 Å². The first kappa shape index (κ1) is 11.1. The highest BCUT2D eigenvalue weighted by Crippen LogP contribution is 2.32. The SMILES string of the molecule is CCc1cc(NC(=O)CC2(N)CCC2)n[nH]1. The van der Waals surface area contributed by atoms with E-state index >= 15 is 0 Å². The molecule has 1 saturated carbocycles. The summed E-state index contributed by atoms with van der Waals surface area (Å²) in [5, 5.41) is 9.62. The van der Waals surface area contributed by atoms with Gasteiger partial charge in [0.2, 0.25) is 5.91 Å². The molecule has 1 aliphatic carbocycles. The number of aromatic amines is 1. The number of nitrogens with one attached hydrogen (secondary N) is 2. The van der Waals surface area contributed by atoms with Gasteiger partial charge in [-0.25, -0.2) is 0 Å². The van der Waals surface area contributed by atoms with Gasteiger partial charge in [-0.3, -0.25) is 9.89 Å². The second kappa shape index (κ2) is 4.25. The Morgan fingerprint density at radius 2 is 2.44 bits per heavy atom. The van der Waals surface area contributed by atoms with Crippen LogP contribution in [0.3, 0.4) is 0 Å². The number of carbonyl (C=O) groups is 1. The highest BCUT2D eigenvalue weighted by atomic mass is 16.1. The van der Waals surface area contributed by atoms with Crippen molar-refractivity contribution in [3.8, 4) is 0 Å². The van der Waals surface area contributed by atoms with Gasteiger partial charge in [-0.15, -0.1) is 0 Å². The number of nitrogens with two attached hydrogens (primary N) is 1. The highest BCUT2D eigenvalue weighted by Gasteiger charge is 2.34. The molecule has 0 bridgehead atoms. The lowest BCUT2D eigenvalue weighted by molar-refractivity contribution is -0.118. The van der Waals surface area contributed by atoms with Crippen molar-refractivity contribution in [1.29, 1.82) is 0 Å². The Labute approximate surface area is 94.8 Å². The maximum absolute atomic E-state index is 11.7. The fourth-order valence-corrected chi connectivity index (χ4v) is 1.92. The number of H-pyrrole nitrogens is 1. The number of hydrogen-bond acceptors (Lipinski definition) is 3. The summed E-state index contributed by atoms with van der Waals surface area (Å²) in [5.74, 6) is 0.543. The van der Waals surface area contributed by atoms with Crippen LogP contribution in [0.1, 0.15) is 38.3 Å². The molecule has 1 amide bonds. The third kappa shape index (κ3) is 2.41. The van der Waals surface area contributed by atoms with Crippen molar-refractivity contribution in [3.05, 3.63) is 11.8 Å². The van der Waals surface area contributed by atoms with E-state index in [4.69, 9.17) is 5.73 Å². The van der Waals surface area contributed by atoms with E-state index < -0.39 is 0 Å². The van der Waals surface area contributed by atoms with Gasteiger partial charge in [0.1, 0.15) is 0 Å². The zero-order valence-electron chi connectivity index (χ0n) is 9.55. The zero-order chi connectivity index (χ0) is 11.6. The molecule has 1 aromatic rings. The topological polar surface area (TPSA) is 83.8 Å². The predicted octanol–water partition coefficient (Wildman–Crippen LogP) is 1.18. The molecule has 1 fully saturated rings. The molecule has 0 aromatic carbocycles. The van der Waals surface area contributed by atoms with Crippen LogP contribution in [0, 0.1) is 0 Å². The van der Waals surface area contributed by atoms with Crippen LogP contribution in [0.15, 0.2) is 6.07 Å². The summed E-state index contributed by atoms with van der Waals surface area (Å²) in [6.45, 7) is 2.03. The van der Waals surface area contributed by atoms with Gasteiger partial charge in [0.25, 0.3) is 0 Å². The van der Waals surface area contributed by atoms with Crippen molar-refractivity contribution in [2.24, 2.45) is 5.73 Å². The van der Waals surface area contributed by atoms with E-state index in [-0.39, 0.29) is 11.4 Å². The Morgan fingerprint density at radius 1 is 1.69 bits per heavy atom. The van der Waals surface area contributed by atoms with E-state index in [0.29, 0.717) is 12.2 Å². The van der Waals surface area contributed by atoms with Gasteiger partial charge in [0.05, 0.1) is 0 Å². The molecular weight excluding hydrogens is 204 g/mol. The minimum absolute atomic E-state index is 0.0450. The quantitative estimate of drug-likeness (QED) is 0.715. The molecule has 0 radical (unpaired) electrons. The lowest BCUT2D eigenvalue weighted by atomic mass is 9.75. The molecule has 4 N–H and O–H groups in total. The third-order valence-electron chi connectivity index (χ3n) is 3.14. The molecular formula is C11H18N4O. The lowest BCUT2D eigenvalue weighted by Gasteiger charge is -2.37. The molecule has 1 aromatic heterocycles. The molecule has 1 aliphatic rings. The van der Waals surface area contributed by atoms with Gasteiger partial charge in [-0.1, -0.05) is 6.92 Å². The van der Waals surface area contributed by atoms with Gasteiger partial charge in [0, 0.05) is 23.7 Å². The Kier molecular flexibility index (Phi) is 2.96. The van der Waals surface area contributed by atoms with Crippen LogP contribution in [-0.2, 0) is 11.2 Å². The Balaban J connectivity index is 1.87. The van der Waals surface area contributed by atoms with Crippen LogP contribution in [-0.4, -0.2) is 21.6 Å². The molecule has 0 spiro atoms. The fraction of sp³-hybridized carbons (Fsp3) is 0.636. The fourth-order valence-electron chi connectivity index (χ4n) is 1.92. The smallest absolute Gasteiger partial charge is 0.227 e. The number of carbonyl (C=O) groups excluding carboxylic acids is 1. The molecule has 0 atom stereocenters. The summed E-state index contributed by atoms with van der Waals surface area (Å²) < 4.78 is 0. The van der Waals surface area contributed by atoms with E-state index in [1.165, 1.54) is 0 Å². The van der Waals surface area contributed by atoms with E-state index in [0.717, 1.165) is 31.4 Å². The van der Waals surface area contributed by atoms with Crippen LogP contribution >= 0.6 is 0 Å². The lowest BCUT2D eigenvalue weighted by Crippen LogP contribution is -2.48. The molecule has 1 heterocycles. The summed E-state index contributed by atoms with van der Waals surface area (Å²) in [6.07, 6.45) is 4.29. The van der Waals surface area contributed by atoms with Crippen LogP contribution < -0.4 is 11.1 Å². The van der Waals surface area contributed by atoms with E-state index in [1.54, 1.807) is 0 Å². The average molecular weight is 222 g/mol. The van der Waals surface area contributed by atoms with Gasteiger partial charge in [-0.05, 0) is 25.7 Å². The number of anilines is 1. The second-order valence-corrected chi connectivity index (χ2v) is 4.57. The number of nitrogens with zero attached hydrogens (tertiary/aromatic N) is 1. The molecule has 16 heavy (non-hydrogen) atoms. The van der Waals surface area contributed by atoms with Gasteiger partial charge < -0.3 is 11.1 Å². The minimum Gasteiger partial charge on any atom is -0.325 e. The maximum atomic E-state index is 11.7. The summed E-state index contributed by atoms with van der Waals surface area (Å²) in [7, 11) is 0. The van der Waals surface area contributed by atoms with Gasteiger partial charge in [0.15, 0.2) is 5.82 Å². The number of amides is 1. The largest absolute Gasteiger partial charge is 0.325 e. The first-order valence-electron chi connectivity index (χ1n) is 5.74. The molecule has 0 saturated heterocycles. The molecule has 2 rings (SSSR count). The van der Waals surface area contributed by atoms with Crippen LogP contribution in [0.4, 0.5) is 5.82 Å². The van der Waals surface area contributed by atoms with E-state index in [1.807, 2.05) is 13.0 Å².